The molecule has 2 heterocycles. The number of nitrogens with one attached hydrogen (secondary N) is 1. The normalized spacial score (nSPS) is 14.1. The Bertz CT molecular complexity index is 796. The van der Waals surface area contributed by atoms with Gasteiger partial charge in [-0.25, -0.2) is 9.97 Å². The van der Waals surface area contributed by atoms with E-state index in [1.165, 1.54) is 6.33 Å². The molecule has 0 saturated heterocycles. The number of aryl methyl sites for hydroxylation is 1. The number of hydrogen-bond acceptors (Lipinski definition) is 6. The third kappa shape index (κ3) is 4.54. The molecule has 0 saturated carbocycles. The molecule has 7 nitrogen and oxygen atoms in total. The highest BCUT2D eigenvalue weighted by atomic mass is 16.5. The Morgan fingerprint density at radius 3 is 2.93 bits per heavy atom. The number of hydrogen-bond donors (Lipinski definition) is 1. The molecule has 0 spiro atoms. The molecule has 1 amide bonds. The number of likely N-dealkylation sites (N-methyl/N-ethyl adjacent to an activating group) is 1. The number of nitrogens with zero attached hydrogens (tertiary/aromatic N) is 4. The topological polar surface area (TPSA) is 70.6 Å². The van der Waals surface area contributed by atoms with E-state index in [9.17, 15) is 4.79 Å². The van der Waals surface area contributed by atoms with Crippen molar-refractivity contribution in [2.45, 2.75) is 19.9 Å². The molecule has 0 atom stereocenters. The number of benzene rings is 1. The molecule has 27 heavy (non-hydrogen) atoms. The van der Waals surface area contributed by atoms with Crippen LogP contribution in [-0.2, 0) is 6.54 Å². The van der Waals surface area contributed by atoms with Gasteiger partial charge in [-0.2, -0.15) is 0 Å². The number of aromatic nitrogens is 2. The van der Waals surface area contributed by atoms with Crippen LogP contribution in [0.4, 0.5) is 5.82 Å². The molecular weight excluding hydrogens is 342 g/mol. The number of fused-ring (bicyclic) bond motifs is 1. The summed E-state index contributed by atoms with van der Waals surface area (Å²) in [5.41, 5.74) is 2.80. The van der Waals surface area contributed by atoms with Gasteiger partial charge < -0.3 is 19.9 Å². The average molecular weight is 369 g/mol. The van der Waals surface area contributed by atoms with E-state index in [2.05, 4.69) is 22.2 Å². The van der Waals surface area contributed by atoms with Crippen LogP contribution in [0.5, 0.6) is 5.75 Å². The van der Waals surface area contributed by atoms with E-state index in [1.807, 2.05) is 42.1 Å². The van der Waals surface area contributed by atoms with Crippen molar-refractivity contribution < 1.29 is 9.53 Å². The molecule has 0 unspecified atom stereocenters. The molecule has 0 aliphatic carbocycles. The van der Waals surface area contributed by atoms with Crippen molar-refractivity contribution in [3.8, 4) is 5.75 Å². The molecule has 144 valence electrons. The molecule has 0 bridgehead atoms. The molecule has 1 aliphatic rings. The van der Waals surface area contributed by atoms with Crippen molar-refractivity contribution in [1.82, 2.24) is 20.2 Å². The van der Waals surface area contributed by atoms with E-state index >= 15 is 0 Å². The van der Waals surface area contributed by atoms with Gasteiger partial charge in [0.2, 0.25) is 0 Å². The van der Waals surface area contributed by atoms with Crippen LogP contribution in [0.15, 0.2) is 30.7 Å². The highest BCUT2D eigenvalue weighted by Gasteiger charge is 2.26. The Labute approximate surface area is 160 Å². The molecule has 1 N–H and O–H groups in total. The minimum Gasteiger partial charge on any atom is -0.494 e. The van der Waals surface area contributed by atoms with Gasteiger partial charge in [-0.15, -0.1) is 0 Å². The van der Waals surface area contributed by atoms with Crippen molar-refractivity contribution in [2.24, 2.45) is 0 Å². The largest absolute Gasteiger partial charge is 0.494 e. The zero-order valence-electron chi connectivity index (χ0n) is 16.2. The molecule has 0 radical (unpaired) electrons. The number of anilines is 1. The summed E-state index contributed by atoms with van der Waals surface area (Å²) in [7, 11) is 3.89. The summed E-state index contributed by atoms with van der Waals surface area (Å²) in [4.78, 5) is 25.1. The number of carbonyl (C=O) groups excluding carboxylic acids is 1. The third-order valence-electron chi connectivity index (χ3n) is 4.79. The second kappa shape index (κ2) is 8.81. The van der Waals surface area contributed by atoms with E-state index in [-0.39, 0.29) is 5.91 Å². The summed E-state index contributed by atoms with van der Waals surface area (Å²) < 4.78 is 5.79. The summed E-state index contributed by atoms with van der Waals surface area (Å²) >= 11 is 0. The standard InChI is InChI=1S/C20H27N5O2/c1-15-11-17(27-10-4-7-21-2)6-5-16(15)13-25-9-8-24(3)19-18(20(25)26)12-22-14-23-19/h5-6,11-12,14,21H,4,7-10,13H2,1-3H3. The van der Waals surface area contributed by atoms with Gasteiger partial charge >= 0.3 is 0 Å². The molecular formula is C20H27N5O2. The van der Waals surface area contributed by atoms with Crippen molar-refractivity contribution in [2.75, 3.05) is 45.2 Å². The van der Waals surface area contributed by atoms with Gasteiger partial charge in [0.1, 0.15) is 23.5 Å². The molecule has 1 aliphatic heterocycles. The minimum atomic E-state index is -0.0262. The van der Waals surface area contributed by atoms with E-state index in [0.29, 0.717) is 31.1 Å². The predicted octanol–water partition coefficient (Wildman–Crippen LogP) is 1.87. The summed E-state index contributed by atoms with van der Waals surface area (Å²) in [5, 5.41) is 3.11. The van der Waals surface area contributed by atoms with Gasteiger partial charge in [0.25, 0.3) is 5.91 Å². The Morgan fingerprint density at radius 1 is 1.30 bits per heavy atom. The maximum atomic E-state index is 13.0. The van der Waals surface area contributed by atoms with Crippen LogP contribution in [0, 0.1) is 6.92 Å². The second-order valence-electron chi connectivity index (χ2n) is 6.80. The zero-order chi connectivity index (χ0) is 19.2. The number of carbonyl (C=O) groups is 1. The lowest BCUT2D eigenvalue weighted by molar-refractivity contribution is 0.0754. The van der Waals surface area contributed by atoms with Gasteiger partial charge in [0.05, 0.1) is 6.61 Å². The number of ether oxygens (including phenoxy) is 1. The van der Waals surface area contributed by atoms with E-state index in [4.69, 9.17) is 4.74 Å². The van der Waals surface area contributed by atoms with Crippen LogP contribution in [0.25, 0.3) is 0 Å². The Hall–Kier alpha value is -2.67. The molecule has 2 aromatic rings. The van der Waals surface area contributed by atoms with Gasteiger partial charge in [-0.3, -0.25) is 4.79 Å². The highest BCUT2D eigenvalue weighted by Crippen LogP contribution is 2.24. The molecule has 1 aromatic carbocycles. The Kier molecular flexibility index (Phi) is 6.24. The van der Waals surface area contributed by atoms with Gasteiger partial charge in [0.15, 0.2) is 0 Å². The van der Waals surface area contributed by atoms with Crippen molar-refractivity contribution in [3.05, 3.63) is 47.4 Å². The monoisotopic (exact) mass is 369 g/mol. The van der Waals surface area contributed by atoms with E-state index in [1.54, 1.807) is 6.20 Å². The Balaban J connectivity index is 1.70. The van der Waals surface area contributed by atoms with Crippen molar-refractivity contribution >= 4 is 11.7 Å². The molecule has 7 heteroatoms. The lowest BCUT2D eigenvalue weighted by Gasteiger charge is -2.22. The quantitative estimate of drug-likeness (QED) is 0.752. The van der Waals surface area contributed by atoms with Crippen LogP contribution in [-0.4, -0.2) is 61.1 Å². The molecule has 0 fully saturated rings. The number of rotatable bonds is 7. The van der Waals surface area contributed by atoms with Crippen LogP contribution < -0.4 is 15.0 Å². The first-order valence-electron chi connectivity index (χ1n) is 9.27. The lowest BCUT2D eigenvalue weighted by Crippen LogP contribution is -2.33. The first-order valence-corrected chi connectivity index (χ1v) is 9.27. The van der Waals surface area contributed by atoms with Crippen LogP contribution in [0.3, 0.4) is 0 Å². The predicted molar refractivity (Wildman–Crippen MR) is 105 cm³/mol. The van der Waals surface area contributed by atoms with Crippen LogP contribution >= 0.6 is 0 Å². The smallest absolute Gasteiger partial charge is 0.259 e. The van der Waals surface area contributed by atoms with Gasteiger partial charge in [0, 0.05) is 32.9 Å². The fourth-order valence-corrected chi connectivity index (χ4v) is 3.16. The lowest BCUT2D eigenvalue weighted by atomic mass is 10.1. The van der Waals surface area contributed by atoms with Gasteiger partial charge in [-0.1, -0.05) is 6.07 Å². The summed E-state index contributed by atoms with van der Waals surface area (Å²) in [6, 6.07) is 6.07. The van der Waals surface area contributed by atoms with Crippen molar-refractivity contribution in [1.29, 1.82) is 0 Å². The first-order chi connectivity index (χ1) is 13.1. The first kappa shape index (κ1) is 19.1. The third-order valence-corrected chi connectivity index (χ3v) is 4.79. The number of amides is 1. The zero-order valence-corrected chi connectivity index (χ0v) is 16.2. The fourth-order valence-electron chi connectivity index (χ4n) is 3.16. The van der Waals surface area contributed by atoms with E-state index < -0.39 is 0 Å². The van der Waals surface area contributed by atoms with Crippen LogP contribution in [0.2, 0.25) is 0 Å². The maximum Gasteiger partial charge on any atom is 0.259 e. The summed E-state index contributed by atoms with van der Waals surface area (Å²) in [6.45, 7) is 5.63. The highest BCUT2D eigenvalue weighted by molar-refractivity contribution is 5.99. The minimum absolute atomic E-state index is 0.0262. The van der Waals surface area contributed by atoms with Crippen LogP contribution in [0.1, 0.15) is 27.9 Å². The van der Waals surface area contributed by atoms with Crippen molar-refractivity contribution in [3.63, 3.8) is 0 Å². The summed E-state index contributed by atoms with van der Waals surface area (Å²) in [6.07, 6.45) is 4.06. The average Bonchev–Trinajstić information content (AvgIpc) is 2.79. The fraction of sp³-hybridized carbons (Fsp3) is 0.450. The molecule has 1 aromatic heterocycles. The Morgan fingerprint density at radius 2 is 2.15 bits per heavy atom. The maximum absolute atomic E-state index is 13.0. The van der Waals surface area contributed by atoms with Gasteiger partial charge in [-0.05, 0) is 50.2 Å². The molecule has 3 rings (SSSR count). The second-order valence-corrected chi connectivity index (χ2v) is 6.80. The SMILES string of the molecule is CNCCCOc1ccc(CN2CCN(C)c3ncncc3C2=O)c(C)c1. The summed E-state index contributed by atoms with van der Waals surface area (Å²) in [5.74, 6) is 1.54. The van der Waals surface area contributed by atoms with E-state index in [0.717, 1.165) is 36.4 Å².